The fraction of sp³-hybridized carbons (Fsp3) is 0.533. The molecule has 1 saturated heterocycles. The Kier molecular flexibility index (Phi) is 3.84. The van der Waals surface area contributed by atoms with E-state index in [1.54, 1.807) is 11.9 Å². The van der Waals surface area contributed by atoms with Gasteiger partial charge >= 0.3 is 0 Å². The SMILES string of the molecule is CN1CCC(O)(C(=O)N(C)Cc2ccc3nonc3c2)CC1. The zero-order chi connectivity index (χ0) is 15.7. The predicted octanol–water partition coefficient (Wildman–Crippen LogP) is 0.638. The molecule has 1 aliphatic rings. The number of fused-ring (bicyclic) bond motifs is 1. The van der Waals surface area contributed by atoms with Crippen molar-refractivity contribution < 1.29 is 14.5 Å². The van der Waals surface area contributed by atoms with Crippen LogP contribution in [0, 0.1) is 0 Å². The summed E-state index contributed by atoms with van der Waals surface area (Å²) in [5.41, 5.74) is 1.03. The second-order valence-corrected chi connectivity index (χ2v) is 6.08. The molecule has 2 aromatic rings. The van der Waals surface area contributed by atoms with Crippen LogP contribution < -0.4 is 0 Å². The lowest BCUT2D eigenvalue weighted by Gasteiger charge is -2.37. The zero-order valence-electron chi connectivity index (χ0n) is 12.8. The van der Waals surface area contributed by atoms with Crippen molar-refractivity contribution in [2.45, 2.75) is 25.0 Å². The topological polar surface area (TPSA) is 82.7 Å². The van der Waals surface area contributed by atoms with E-state index in [-0.39, 0.29) is 5.91 Å². The summed E-state index contributed by atoms with van der Waals surface area (Å²) < 4.78 is 4.67. The molecule has 7 heteroatoms. The van der Waals surface area contributed by atoms with Crippen molar-refractivity contribution in [3.05, 3.63) is 23.8 Å². The fourth-order valence-electron chi connectivity index (χ4n) is 2.83. The van der Waals surface area contributed by atoms with Gasteiger partial charge in [0.15, 0.2) is 0 Å². The number of hydrogen-bond acceptors (Lipinski definition) is 6. The molecule has 7 nitrogen and oxygen atoms in total. The van der Waals surface area contributed by atoms with E-state index >= 15 is 0 Å². The maximum Gasteiger partial charge on any atom is 0.254 e. The van der Waals surface area contributed by atoms with Crippen molar-refractivity contribution in [2.24, 2.45) is 0 Å². The summed E-state index contributed by atoms with van der Waals surface area (Å²) in [5.74, 6) is -0.223. The highest BCUT2D eigenvalue weighted by Gasteiger charge is 2.40. The Hall–Kier alpha value is -1.99. The van der Waals surface area contributed by atoms with Crippen LogP contribution in [0.1, 0.15) is 18.4 Å². The van der Waals surface area contributed by atoms with E-state index in [4.69, 9.17) is 0 Å². The molecule has 0 spiro atoms. The number of piperidine rings is 1. The van der Waals surface area contributed by atoms with Crippen LogP contribution in [0.25, 0.3) is 11.0 Å². The lowest BCUT2D eigenvalue weighted by Crippen LogP contribution is -2.53. The standard InChI is InChI=1S/C15H20N4O3/c1-18-7-5-15(21,6-8-18)14(20)19(2)10-11-3-4-12-13(9-11)17-22-16-12/h3-4,9,21H,5-8,10H2,1-2H3. The molecule has 1 aromatic heterocycles. The van der Waals surface area contributed by atoms with Crippen LogP contribution in [0.4, 0.5) is 0 Å². The fourth-order valence-corrected chi connectivity index (χ4v) is 2.83. The molecule has 1 amide bonds. The normalized spacial score (nSPS) is 18.5. The lowest BCUT2D eigenvalue weighted by atomic mass is 9.90. The number of aromatic nitrogens is 2. The third-order valence-electron chi connectivity index (χ3n) is 4.30. The molecule has 22 heavy (non-hydrogen) atoms. The molecule has 3 rings (SSSR count). The summed E-state index contributed by atoms with van der Waals surface area (Å²) in [6.45, 7) is 1.87. The Balaban J connectivity index is 1.70. The van der Waals surface area contributed by atoms with Gasteiger partial charge in [0.1, 0.15) is 16.6 Å². The number of carbonyl (C=O) groups is 1. The van der Waals surface area contributed by atoms with Crippen LogP contribution in [0.15, 0.2) is 22.8 Å². The maximum absolute atomic E-state index is 12.6. The number of benzene rings is 1. The molecular weight excluding hydrogens is 284 g/mol. The van der Waals surface area contributed by atoms with Crippen molar-refractivity contribution in [3.63, 3.8) is 0 Å². The third kappa shape index (κ3) is 2.82. The van der Waals surface area contributed by atoms with E-state index < -0.39 is 5.60 Å². The molecule has 1 aromatic carbocycles. The third-order valence-corrected chi connectivity index (χ3v) is 4.30. The highest BCUT2D eigenvalue weighted by atomic mass is 16.6. The van der Waals surface area contributed by atoms with E-state index in [1.807, 2.05) is 25.2 Å². The van der Waals surface area contributed by atoms with E-state index in [1.165, 1.54) is 0 Å². The first-order valence-electron chi connectivity index (χ1n) is 7.36. The number of rotatable bonds is 3. The molecule has 118 valence electrons. The Labute approximate surface area is 128 Å². The summed E-state index contributed by atoms with van der Waals surface area (Å²) in [5, 5.41) is 18.1. The van der Waals surface area contributed by atoms with Crippen LogP contribution >= 0.6 is 0 Å². The van der Waals surface area contributed by atoms with Crippen LogP contribution in [-0.4, -0.2) is 63.9 Å². The zero-order valence-corrected chi connectivity index (χ0v) is 12.8. The van der Waals surface area contributed by atoms with Crippen molar-refractivity contribution in [1.82, 2.24) is 20.1 Å². The molecule has 2 heterocycles. The molecule has 0 atom stereocenters. The Morgan fingerprint density at radius 3 is 2.77 bits per heavy atom. The van der Waals surface area contributed by atoms with Crippen LogP contribution in [0.2, 0.25) is 0 Å². The molecular formula is C15H20N4O3. The molecule has 0 saturated carbocycles. The number of hydrogen-bond donors (Lipinski definition) is 1. The van der Waals surface area contributed by atoms with Gasteiger partial charge in [0.25, 0.3) is 5.91 Å². The Morgan fingerprint density at radius 2 is 2.05 bits per heavy atom. The van der Waals surface area contributed by atoms with Gasteiger partial charge in [-0.3, -0.25) is 4.79 Å². The quantitative estimate of drug-likeness (QED) is 0.896. The summed E-state index contributed by atoms with van der Waals surface area (Å²) in [6, 6.07) is 5.53. The van der Waals surface area contributed by atoms with E-state index in [9.17, 15) is 9.90 Å². The average Bonchev–Trinajstić information content (AvgIpc) is 2.97. The molecule has 1 N–H and O–H groups in total. The van der Waals surface area contributed by atoms with Gasteiger partial charge in [-0.1, -0.05) is 6.07 Å². The molecule has 0 unspecified atom stereocenters. The number of carbonyl (C=O) groups excluding carboxylic acids is 1. The van der Waals surface area contributed by atoms with Crippen molar-refractivity contribution in [2.75, 3.05) is 27.2 Å². The van der Waals surface area contributed by atoms with Crippen LogP contribution in [0.5, 0.6) is 0 Å². The molecule has 1 aliphatic heterocycles. The first kappa shape index (κ1) is 14.9. The number of likely N-dealkylation sites (tertiary alicyclic amines) is 1. The van der Waals surface area contributed by atoms with Gasteiger partial charge < -0.3 is 14.9 Å². The van der Waals surface area contributed by atoms with Crippen molar-refractivity contribution >= 4 is 16.9 Å². The number of nitrogens with zero attached hydrogens (tertiary/aromatic N) is 4. The summed E-state index contributed by atoms with van der Waals surface area (Å²) >= 11 is 0. The van der Waals surface area contributed by atoms with E-state index in [0.29, 0.717) is 30.4 Å². The second-order valence-electron chi connectivity index (χ2n) is 6.08. The van der Waals surface area contributed by atoms with Gasteiger partial charge in [0.05, 0.1) is 0 Å². The minimum absolute atomic E-state index is 0.223. The minimum Gasteiger partial charge on any atom is -0.380 e. The summed E-state index contributed by atoms with van der Waals surface area (Å²) in [7, 11) is 3.71. The Bertz CT molecular complexity index is 676. The first-order valence-corrected chi connectivity index (χ1v) is 7.36. The van der Waals surface area contributed by atoms with Crippen LogP contribution in [-0.2, 0) is 11.3 Å². The maximum atomic E-state index is 12.6. The van der Waals surface area contributed by atoms with E-state index in [0.717, 1.165) is 18.7 Å². The predicted molar refractivity (Wildman–Crippen MR) is 80.0 cm³/mol. The smallest absolute Gasteiger partial charge is 0.254 e. The minimum atomic E-state index is -1.25. The highest BCUT2D eigenvalue weighted by Crippen LogP contribution is 2.24. The number of likely N-dealkylation sites (N-methyl/N-ethyl adjacent to an activating group) is 1. The van der Waals surface area contributed by atoms with Gasteiger partial charge in [-0.25, -0.2) is 4.63 Å². The lowest BCUT2D eigenvalue weighted by molar-refractivity contribution is -0.155. The Morgan fingerprint density at radius 1 is 1.36 bits per heavy atom. The summed E-state index contributed by atoms with van der Waals surface area (Å²) in [4.78, 5) is 16.2. The molecule has 0 bridgehead atoms. The van der Waals surface area contributed by atoms with Gasteiger partial charge in [-0.2, -0.15) is 0 Å². The summed E-state index contributed by atoms with van der Waals surface area (Å²) in [6.07, 6.45) is 0.942. The van der Waals surface area contributed by atoms with Gasteiger partial charge in [-0.05, 0) is 47.9 Å². The number of aliphatic hydroxyl groups is 1. The largest absolute Gasteiger partial charge is 0.380 e. The van der Waals surface area contributed by atoms with E-state index in [2.05, 4.69) is 19.8 Å². The monoisotopic (exact) mass is 304 g/mol. The van der Waals surface area contributed by atoms with Gasteiger partial charge in [-0.15, -0.1) is 0 Å². The molecule has 1 fully saturated rings. The molecule has 0 radical (unpaired) electrons. The van der Waals surface area contributed by atoms with Gasteiger partial charge in [0.2, 0.25) is 0 Å². The van der Waals surface area contributed by atoms with Crippen molar-refractivity contribution in [1.29, 1.82) is 0 Å². The molecule has 0 aliphatic carbocycles. The van der Waals surface area contributed by atoms with Gasteiger partial charge in [0, 0.05) is 26.7 Å². The highest BCUT2D eigenvalue weighted by molar-refractivity contribution is 5.85. The average molecular weight is 304 g/mol. The van der Waals surface area contributed by atoms with Crippen LogP contribution in [0.3, 0.4) is 0 Å². The van der Waals surface area contributed by atoms with Crippen molar-refractivity contribution in [3.8, 4) is 0 Å². The first-order chi connectivity index (χ1) is 10.5. The second kappa shape index (κ2) is 5.66. The number of amides is 1.